The van der Waals surface area contributed by atoms with Crippen LogP contribution in [-0.2, 0) is 25.0 Å². The van der Waals surface area contributed by atoms with Gasteiger partial charge in [0, 0.05) is 0 Å². The van der Waals surface area contributed by atoms with Crippen molar-refractivity contribution in [3.63, 3.8) is 0 Å². The van der Waals surface area contributed by atoms with Crippen molar-refractivity contribution in [2.24, 2.45) is 0 Å². The molecule has 0 atom stereocenters. The highest BCUT2D eigenvalue weighted by Gasteiger charge is 2.52. The van der Waals surface area contributed by atoms with E-state index in [0.717, 1.165) is 6.42 Å². The van der Waals surface area contributed by atoms with Gasteiger partial charge in [0.1, 0.15) is 10.6 Å². The highest BCUT2D eigenvalue weighted by atomic mass is 32.2. The van der Waals surface area contributed by atoms with Crippen molar-refractivity contribution in [3.05, 3.63) is 47.5 Å². The summed E-state index contributed by atoms with van der Waals surface area (Å²) < 4.78 is 38.4. The van der Waals surface area contributed by atoms with E-state index in [1.807, 2.05) is 0 Å². The molecule has 2 aromatic rings. The lowest BCUT2D eigenvalue weighted by Crippen LogP contribution is -2.40. The molecule has 1 aliphatic carbocycles. The van der Waals surface area contributed by atoms with Crippen LogP contribution in [0.1, 0.15) is 35.2 Å². The Balaban J connectivity index is 1.81. The van der Waals surface area contributed by atoms with Crippen LogP contribution < -0.4 is 14.8 Å². The number of hydrogen-bond donors (Lipinski definition) is 2. The molecule has 1 saturated carbocycles. The number of carbonyl (C=O) groups is 2. The van der Waals surface area contributed by atoms with E-state index in [-0.39, 0.29) is 27.8 Å². The number of fused-ring (bicyclic) bond motifs is 2. The molecular formula is C20H20N2O6S. The number of ether oxygens (including phenoxy) is 2. The zero-order valence-electron chi connectivity index (χ0n) is 15.9. The van der Waals surface area contributed by atoms with Gasteiger partial charge in [0.15, 0.2) is 0 Å². The highest BCUT2D eigenvalue weighted by molar-refractivity contribution is 7.92. The molecule has 0 bridgehead atoms. The number of amides is 1. The second-order valence-electron chi connectivity index (χ2n) is 7.08. The first-order chi connectivity index (χ1) is 13.8. The van der Waals surface area contributed by atoms with Crippen LogP contribution in [0.25, 0.3) is 0 Å². The van der Waals surface area contributed by atoms with Gasteiger partial charge in [-0.2, -0.15) is 0 Å². The second-order valence-corrected chi connectivity index (χ2v) is 8.73. The van der Waals surface area contributed by atoms with Gasteiger partial charge < -0.3 is 14.8 Å². The summed E-state index contributed by atoms with van der Waals surface area (Å²) in [4.78, 5) is 24.9. The molecule has 2 aliphatic rings. The maximum Gasteiger partial charge on any atom is 0.340 e. The van der Waals surface area contributed by atoms with Gasteiger partial charge in [-0.1, -0.05) is 18.6 Å². The number of hydrogen-bond acceptors (Lipinski definition) is 6. The van der Waals surface area contributed by atoms with Gasteiger partial charge in [-0.05, 0) is 42.7 Å². The molecule has 4 rings (SSSR count). The van der Waals surface area contributed by atoms with Gasteiger partial charge in [-0.15, -0.1) is 0 Å². The third kappa shape index (κ3) is 2.93. The predicted molar refractivity (Wildman–Crippen MR) is 106 cm³/mol. The van der Waals surface area contributed by atoms with Crippen LogP contribution in [0.15, 0.2) is 41.3 Å². The highest BCUT2D eigenvalue weighted by Crippen LogP contribution is 2.53. The number of anilines is 2. The summed E-state index contributed by atoms with van der Waals surface area (Å²) in [5.41, 5.74) is 0.582. The Morgan fingerprint density at radius 1 is 1.17 bits per heavy atom. The van der Waals surface area contributed by atoms with Crippen LogP contribution in [0.5, 0.6) is 5.75 Å². The van der Waals surface area contributed by atoms with E-state index in [1.54, 1.807) is 24.3 Å². The zero-order valence-corrected chi connectivity index (χ0v) is 16.8. The van der Waals surface area contributed by atoms with E-state index < -0.39 is 21.4 Å². The molecule has 9 heteroatoms. The normalized spacial score (nSPS) is 16.6. The van der Waals surface area contributed by atoms with E-state index >= 15 is 0 Å². The van der Waals surface area contributed by atoms with Gasteiger partial charge in [-0.3, -0.25) is 9.52 Å². The zero-order chi connectivity index (χ0) is 20.8. The first-order valence-electron chi connectivity index (χ1n) is 9.06. The molecule has 0 aromatic heterocycles. The molecule has 2 N–H and O–H groups in total. The Morgan fingerprint density at radius 3 is 2.52 bits per heavy atom. The fraction of sp³-hybridized carbons (Fsp3) is 0.300. The lowest BCUT2D eigenvalue weighted by molar-refractivity contribution is -0.123. The fourth-order valence-corrected chi connectivity index (χ4v) is 5.13. The van der Waals surface area contributed by atoms with E-state index in [4.69, 9.17) is 9.47 Å². The average Bonchev–Trinajstić information content (AvgIpc) is 2.98. The van der Waals surface area contributed by atoms with Gasteiger partial charge in [0.25, 0.3) is 10.0 Å². The van der Waals surface area contributed by atoms with E-state index in [9.17, 15) is 18.0 Å². The molecule has 152 valence electrons. The Kier molecular flexibility index (Phi) is 4.49. The number of sulfonamides is 1. The summed E-state index contributed by atoms with van der Waals surface area (Å²) in [5, 5.41) is 2.78. The molecule has 1 fully saturated rings. The number of rotatable bonds is 5. The third-order valence-electron chi connectivity index (χ3n) is 5.55. The summed E-state index contributed by atoms with van der Waals surface area (Å²) in [6, 6.07) is 9.21. The van der Waals surface area contributed by atoms with Gasteiger partial charge in [0.05, 0.1) is 36.6 Å². The van der Waals surface area contributed by atoms with Crippen LogP contribution in [-0.4, -0.2) is 34.5 Å². The minimum atomic E-state index is -3.99. The Hall–Kier alpha value is -3.07. The van der Waals surface area contributed by atoms with E-state index in [0.29, 0.717) is 24.1 Å². The van der Waals surface area contributed by atoms with Crippen molar-refractivity contribution in [2.75, 3.05) is 24.3 Å². The summed E-state index contributed by atoms with van der Waals surface area (Å²) >= 11 is 0. The molecular weight excluding hydrogens is 396 g/mol. The average molecular weight is 416 g/mol. The summed E-state index contributed by atoms with van der Waals surface area (Å²) in [5.74, 6) is -0.633. The Labute approximate surface area is 168 Å². The first kappa shape index (κ1) is 19.3. The fourth-order valence-electron chi connectivity index (χ4n) is 3.92. The second kappa shape index (κ2) is 6.77. The van der Waals surface area contributed by atoms with Crippen LogP contribution in [0.2, 0.25) is 0 Å². The predicted octanol–water partition coefficient (Wildman–Crippen LogP) is 2.66. The monoisotopic (exact) mass is 416 g/mol. The molecule has 29 heavy (non-hydrogen) atoms. The molecule has 0 radical (unpaired) electrons. The maximum atomic E-state index is 13.0. The molecule has 0 saturated heterocycles. The molecule has 1 aliphatic heterocycles. The summed E-state index contributed by atoms with van der Waals surface area (Å²) in [7, 11) is -1.38. The minimum absolute atomic E-state index is 0.0322. The number of benzene rings is 2. The quantitative estimate of drug-likeness (QED) is 0.725. The Bertz CT molecular complexity index is 1120. The van der Waals surface area contributed by atoms with Crippen molar-refractivity contribution in [1.29, 1.82) is 0 Å². The van der Waals surface area contributed by atoms with Gasteiger partial charge in [-0.25, -0.2) is 13.2 Å². The SMILES string of the molecule is COC(=O)c1cc(NS(=O)(=O)c2ccccc2OC)cc2c1NC(=O)C21CCC1. The van der Waals surface area contributed by atoms with Crippen molar-refractivity contribution >= 4 is 33.3 Å². The van der Waals surface area contributed by atoms with Crippen LogP contribution in [0.3, 0.4) is 0 Å². The van der Waals surface area contributed by atoms with Crippen LogP contribution in [0, 0.1) is 0 Å². The van der Waals surface area contributed by atoms with Gasteiger partial charge >= 0.3 is 5.97 Å². The molecule has 1 spiro atoms. The standard InChI is InChI=1S/C20H20N2O6S/c1-27-15-6-3-4-7-16(15)29(25,26)22-12-10-13(18(23)28-2)17-14(11-12)20(8-5-9-20)19(24)21-17/h3-4,6-7,10-11,22H,5,8-9H2,1-2H3,(H,21,24). The van der Waals surface area contributed by atoms with Gasteiger partial charge in [0.2, 0.25) is 5.91 Å². The Morgan fingerprint density at radius 2 is 1.90 bits per heavy atom. The third-order valence-corrected chi connectivity index (χ3v) is 6.97. The van der Waals surface area contributed by atoms with Crippen molar-refractivity contribution in [2.45, 2.75) is 29.6 Å². The van der Waals surface area contributed by atoms with Crippen molar-refractivity contribution in [3.8, 4) is 5.75 Å². The maximum absolute atomic E-state index is 13.0. The minimum Gasteiger partial charge on any atom is -0.495 e. The molecule has 2 aromatic carbocycles. The topological polar surface area (TPSA) is 111 Å². The lowest BCUT2D eigenvalue weighted by Gasteiger charge is -2.36. The number of carbonyl (C=O) groups excluding carboxylic acids is 2. The van der Waals surface area contributed by atoms with Crippen LogP contribution in [0.4, 0.5) is 11.4 Å². The van der Waals surface area contributed by atoms with Crippen molar-refractivity contribution < 1.29 is 27.5 Å². The van der Waals surface area contributed by atoms with E-state index in [2.05, 4.69) is 10.0 Å². The largest absolute Gasteiger partial charge is 0.495 e. The van der Waals surface area contributed by atoms with E-state index in [1.165, 1.54) is 26.4 Å². The first-order valence-corrected chi connectivity index (χ1v) is 10.5. The number of nitrogens with one attached hydrogen (secondary N) is 2. The van der Waals surface area contributed by atoms with Crippen LogP contribution >= 0.6 is 0 Å². The number of methoxy groups -OCH3 is 2. The molecule has 8 nitrogen and oxygen atoms in total. The molecule has 1 heterocycles. The number of esters is 1. The van der Waals surface area contributed by atoms with Crippen molar-refractivity contribution in [1.82, 2.24) is 0 Å². The number of para-hydroxylation sites is 1. The smallest absolute Gasteiger partial charge is 0.340 e. The molecule has 0 unspecified atom stereocenters. The summed E-state index contributed by atoms with van der Waals surface area (Å²) in [6.45, 7) is 0. The summed E-state index contributed by atoms with van der Waals surface area (Å²) in [6.07, 6.45) is 2.18. The lowest BCUT2D eigenvalue weighted by atomic mass is 9.65. The molecule has 1 amide bonds.